The summed E-state index contributed by atoms with van der Waals surface area (Å²) in [5, 5.41) is 22.4. The fourth-order valence-electron chi connectivity index (χ4n) is 5.32. The molecule has 8 N–H and O–H groups in total. The number of anilines is 2. The summed E-state index contributed by atoms with van der Waals surface area (Å²) < 4.78 is 62.2. The second-order valence-corrected chi connectivity index (χ2v) is 14.4. The van der Waals surface area contributed by atoms with Gasteiger partial charge < -0.3 is 36.0 Å². The summed E-state index contributed by atoms with van der Waals surface area (Å²) in [6.45, 7) is -5.76. The number of hydrogen-bond donors (Lipinski definition) is 7. The van der Waals surface area contributed by atoms with E-state index in [0.29, 0.717) is 0 Å². The molecule has 0 aromatic carbocycles. The Kier molecular flexibility index (Phi) is 7.50. The number of aliphatic hydroxyl groups is 2. The van der Waals surface area contributed by atoms with Gasteiger partial charge in [0.05, 0.1) is 25.9 Å². The first-order valence-corrected chi connectivity index (χ1v) is 17.1. The monoisotopic (exact) mass is 690 g/mol. The van der Waals surface area contributed by atoms with Crippen LogP contribution in [0, 0.1) is 0 Å². The van der Waals surface area contributed by atoms with Gasteiger partial charge in [-0.15, -0.1) is 0 Å². The van der Waals surface area contributed by atoms with Crippen LogP contribution in [0.5, 0.6) is 0 Å². The largest absolute Gasteiger partial charge is 0.472 e. The van der Waals surface area contributed by atoms with Crippen LogP contribution < -0.4 is 17.0 Å². The number of fused-ring (bicyclic) bond motifs is 4. The minimum Gasteiger partial charge on any atom is -0.386 e. The van der Waals surface area contributed by atoms with Crippen molar-refractivity contribution in [2.75, 3.05) is 24.7 Å². The molecule has 242 valence electrons. The van der Waals surface area contributed by atoms with Crippen LogP contribution >= 0.6 is 26.9 Å². The summed E-state index contributed by atoms with van der Waals surface area (Å²) in [6, 6.07) is 0. The second-order valence-electron chi connectivity index (χ2n) is 10.1. The Balaban J connectivity index is 1.17. The van der Waals surface area contributed by atoms with Crippen molar-refractivity contribution in [3.8, 4) is 0 Å². The van der Waals surface area contributed by atoms with Crippen LogP contribution in [-0.4, -0.2) is 104 Å². The lowest BCUT2D eigenvalue weighted by molar-refractivity contribution is -0.0614. The highest BCUT2D eigenvalue weighted by atomic mass is 32.7. The van der Waals surface area contributed by atoms with E-state index in [1.165, 1.54) is 21.8 Å². The molecule has 3 fully saturated rings. The van der Waals surface area contributed by atoms with Crippen molar-refractivity contribution in [1.29, 1.82) is 0 Å². The number of aromatic amines is 1. The number of nitrogens with zero attached hydrogens (tertiary/aromatic N) is 7. The van der Waals surface area contributed by atoms with Gasteiger partial charge in [-0.2, -0.15) is 4.98 Å². The van der Waals surface area contributed by atoms with Crippen LogP contribution in [-0.2, 0) is 36.7 Å². The number of rotatable bonds is 2. The Morgan fingerprint density at radius 1 is 0.889 bits per heavy atom. The lowest BCUT2D eigenvalue weighted by Crippen LogP contribution is -2.38. The Labute approximate surface area is 254 Å². The first-order chi connectivity index (χ1) is 21.3. The predicted octanol–water partition coefficient (Wildman–Crippen LogP) is -1.40. The van der Waals surface area contributed by atoms with E-state index < -0.39 is 82.5 Å². The lowest BCUT2D eigenvalue weighted by atomic mass is 10.1. The molecule has 4 aromatic rings. The van der Waals surface area contributed by atoms with Crippen molar-refractivity contribution in [1.82, 2.24) is 39.0 Å². The third-order valence-electron chi connectivity index (χ3n) is 7.32. The maximum atomic E-state index is 13.4. The van der Waals surface area contributed by atoms with Gasteiger partial charge in [-0.05, 0) is 0 Å². The van der Waals surface area contributed by atoms with E-state index in [-0.39, 0.29) is 34.1 Å². The third-order valence-corrected chi connectivity index (χ3v) is 9.92. The quantitative estimate of drug-likeness (QED) is 0.0939. The van der Waals surface area contributed by atoms with E-state index in [9.17, 15) is 29.0 Å². The zero-order chi connectivity index (χ0) is 31.8. The number of nitrogens with two attached hydrogens (primary N) is 2. The Morgan fingerprint density at radius 2 is 1.49 bits per heavy atom. The molecule has 22 nitrogen and oxygen atoms in total. The van der Waals surface area contributed by atoms with E-state index in [1.807, 2.05) is 0 Å². The summed E-state index contributed by atoms with van der Waals surface area (Å²) in [7, 11) is -5.00. The zero-order valence-electron chi connectivity index (χ0n) is 22.4. The van der Waals surface area contributed by atoms with Gasteiger partial charge in [0.2, 0.25) is 5.95 Å². The molecular formula is C20H24N10O12P2S. The van der Waals surface area contributed by atoms with Gasteiger partial charge in [-0.1, -0.05) is 12.2 Å². The molecule has 3 saturated heterocycles. The molecule has 0 saturated carbocycles. The average molecular weight is 690 g/mol. The van der Waals surface area contributed by atoms with Crippen LogP contribution in [0.15, 0.2) is 23.8 Å². The van der Waals surface area contributed by atoms with E-state index in [0.717, 1.165) is 6.33 Å². The molecule has 0 spiro atoms. The number of ether oxygens (including phenoxy) is 2. The van der Waals surface area contributed by atoms with Crippen LogP contribution in [0.4, 0.5) is 11.8 Å². The molecule has 10 atom stereocenters. The fourth-order valence-corrected chi connectivity index (χ4v) is 7.77. The van der Waals surface area contributed by atoms with Gasteiger partial charge in [-0.3, -0.25) is 37.0 Å². The van der Waals surface area contributed by atoms with Crippen molar-refractivity contribution in [3.05, 3.63) is 29.3 Å². The SMILES string of the molecule is Nc1nc2c(ncn2[C@@H]2O[C@@H]3COP(=O)(O)O[C@H]4[C@@H](O)[C@H](n5cnc6c(N)ncnc65)O[C@@H]4COP(=O)(S)O[C@H]3[C@H]2O)c(=O)[nH]1. The van der Waals surface area contributed by atoms with Gasteiger partial charge >= 0.3 is 14.6 Å². The smallest absolute Gasteiger partial charge is 0.386 e. The first kappa shape index (κ1) is 30.6. The van der Waals surface area contributed by atoms with E-state index >= 15 is 0 Å². The van der Waals surface area contributed by atoms with E-state index in [2.05, 4.69) is 42.2 Å². The molecule has 7 rings (SSSR count). The van der Waals surface area contributed by atoms with E-state index in [4.69, 9.17) is 39.0 Å². The van der Waals surface area contributed by atoms with Crippen LogP contribution in [0.3, 0.4) is 0 Å². The second kappa shape index (κ2) is 11.0. The number of imidazole rings is 2. The van der Waals surface area contributed by atoms with Crippen molar-refractivity contribution < 1.29 is 51.8 Å². The predicted molar refractivity (Wildman–Crippen MR) is 150 cm³/mol. The first-order valence-electron chi connectivity index (χ1n) is 13.0. The summed E-state index contributed by atoms with van der Waals surface area (Å²) in [4.78, 5) is 45.2. The number of aromatic nitrogens is 8. The van der Waals surface area contributed by atoms with Crippen molar-refractivity contribution >= 4 is 61.0 Å². The number of nitrogen functional groups attached to an aromatic ring is 2. The molecule has 25 heteroatoms. The fraction of sp³-hybridized carbons (Fsp3) is 0.500. The molecule has 0 radical (unpaired) electrons. The van der Waals surface area contributed by atoms with Crippen LogP contribution in [0.2, 0.25) is 0 Å². The maximum Gasteiger partial charge on any atom is 0.472 e. The lowest BCUT2D eigenvalue weighted by Gasteiger charge is -2.28. The minimum atomic E-state index is -5.00. The molecule has 4 aromatic heterocycles. The van der Waals surface area contributed by atoms with Gasteiger partial charge in [0.25, 0.3) is 5.56 Å². The van der Waals surface area contributed by atoms with Crippen LogP contribution in [0.1, 0.15) is 12.5 Å². The van der Waals surface area contributed by atoms with Crippen LogP contribution in [0.25, 0.3) is 22.3 Å². The summed E-state index contributed by atoms with van der Waals surface area (Å²) in [5.41, 5.74) is 11.0. The van der Waals surface area contributed by atoms with Gasteiger partial charge in [-0.25, -0.2) is 29.1 Å². The molecule has 45 heavy (non-hydrogen) atoms. The third kappa shape index (κ3) is 5.43. The molecule has 3 aliphatic rings. The standard InChI is InChI=1S/C20H24N10O12P2S/c21-14-8-15(24-3-23-14)29(4-25-8)18-10(31)12-7(40-18)2-38-44(36,45)42-13-6(1-37-43(34,35)41-12)39-19(11(13)32)30-5-26-9-16(30)27-20(22)28-17(9)33/h3-7,10-13,18-19,31-32H,1-2H2,(H,34,35)(H,36,45)(H2,21,23,24)(H3,22,27,28,33)/t6-,7-,10-,11-,12-,13-,18-,19-,44?/m1/s1. The van der Waals surface area contributed by atoms with Crippen molar-refractivity contribution in [2.45, 2.75) is 49.1 Å². The zero-order valence-corrected chi connectivity index (χ0v) is 25.1. The Bertz CT molecular complexity index is 1940. The normalized spacial score (nSPS) is 37.7. The van der Waals surface area contributed by atoms with Gasteiger partial charge in [0.1, 0.15) is 48.5 Å². The summed E-state index contributed by atoms with van der Waals surface area (Å²) in [5.74, 6) is -0.179. The highest BCUT2D eigenvalue weighted by Gasteiger charge is 2.53. The number of thiol groups is 1. The molecule has 3 aliphatic heterocycles. The molecule has 7 heterocycles. The number of nitrogens with one attached hydrogen (secondary N) is 1. The van der Waals surface area contributed by atoms with Gasteiger partial charge in [0.15, 0.2) is 35.1 Å². The Morgan fingerprint density at radius 3 is 2.18 bits per heavy atom. The highest BCUT2D eigenvalue weighted by Crippen LogP contribution is 2.58. The highest BCUT2D eigenvalue weighted by molar-refractivity contribution is 8.44. The van der Waals surface area contributed by atoms with Crippen molar-refractivity contribution in [2.24, 2.45) is 0 Å². The topological polar surface area (TPSA) is 309 Å². The summed E-state index contributed by atoms with van der Waals surface area (Å²) >= 11 is 4.02. The minimum absolute atomic E-state index is 0.0613. The van der Waals surface area contributed by atoms with Crippen molar-refractivity contribution in [3.63, 3.8) is 0 Å². The molecular weight excluding hydrogens is 666 g/mol. The molecule has 0 aliphatic carbocycles. The average Bonchev–Trinajstić information content (AvgIpc) is 3.72. The number of phosphoric acid groups is 1. The number of hydrogen-bond acceptors (Lipinski definition) is 18. The maximum absolute atomic E-state index is 13.4. The summed E-state index contributed by atoms with van der Waals surface area (Å²) in [6.07, 6.45) is -8.23. The number of phosphoric ester groups is 1. The molecule has 0 amide bonds. The Hall–Kier alpha value is -3.05. The molecule has 2 unspecified atom stereocenters. The van der Waals surface area contributed by atoms with E-state index in [1.54, 1.807) is 0 Å². The van der Waals surface area contributed by atoms with Gasteiger partial charge in [0, 0.05) is 0 Å². The number of aliphatic hydroxyl groups excluding tert-OH is 2. The number of H-pyrrole nitrogens is 1. The molecule has 0 bridgehead atoms.